The molecule has 0 aliphatic heterocycles. The number of hydrogen-bond acceptors (Lipinski definition) is 3. The van der Waals surface area contributed by atoms with Crippen LogP contribution in [0.4, 0.5) is 0 Å². The molecule has 2 rings (SSSR count). The van der Waals surface area contributed by atoms with Crippen LogP contribution in [0.5, 0.6) is 0 Å². The SMILES string of the molecule is CCc1sc(-c2ccc(C)cc2)nc1C(=O)O. The molecule has 0 unspecified atom stereocenters. The Balaban J connectivity index is 2.46. The van der Waals surface area contributed by atoms with Crippen molar-refractivity contribution < 1.29 is 9.90 Å². The normalized spacial score (nSPS) is 10.5. The highest BCUT2D eigenvalue weighted by atomic mass is 32.1. The smallest absolute Gasteiger partial charge is 0.355 e. The summed E-state index contributed by atoms with van der Waals surface area (Å²) in [6, 6.07) is 7.95. The van der Waals surface area contributed by atoms with Gasteiger partial charge in [-0.15, -0.1) is 11.3 Å². The first-order valence-corrected chi connectivity index (χ1v) is 6.23. The van der Waals surface area contributed by atoms with Gasteiger partial charge in [-0.25, -0.2) is 9.78 Å². The molecule has 2 aromatic rings. The van der Waals surface area contributed by atoms with Crippen LogP contribution >= 0.6 is 11.3 Å². The summed E-state index contributed by atoms with van der Waals surface area (Å²) in [5.74, 6) is -0.948. The number of rotatable bonds is 3. The molecule has 0 aliphatic carbocycles. The van der Waals surface area contributed by atoms with Crippen LogP contribution in [0.2, 0.25) is 0 Å². The molecular weight excluding hydrogens is 234 g/mol. The van der Waals surface area contributed by atoms with E-state index in [0.29, 0.717) is 6.42 Å². The Morgan fingerprint density at radius 3 is 2.47 bits per heavy atom. The van der Waals surface area contributed by atoms with Gasteiger partial charge in [0, 0.05) is 10.4 Å². The maximum Gasteiger partial charge on any atom is 0.355 e. The first-order chi connectivity index (χ1) is 8.11. The lowest BCUT2D eigenvalue weighted by molar-refractivity contribution is 0.0690. The van der Waals surface area contributed by atoms with Gasteiger partial charge in [-0.05, 0) is 13.3 Å². The summed E-state index contributed by atoms with van der Waals surface area (Å²) in [5.41, 5.74) is 2.34. The number of hydrogen-bond donors (Lipinski definition) is 1. The first-order valence-electron chi connectivity index (χ1n) is 5.42. The van der Waals surface area contributed by atoms with Crippen LogP contribution in [-0.2, 0) is 6.42 Å². The molecular formula is C13H13NO2S. The maximum atomic E-state index is 11.0. The summed E-state index contributed by atoms with van der Waals surface area (Å²) < 4.78 is 0. The maximum absolute atomic E-state index is 11.0. The Bertz CT molecular complexity index is 543. The molecule has 1 aromatic heterocycles. The van der Waals surface area contributed by atoms with Gasteiger partial charge in [-0.2, -0.15) is 0 Å². The largest absolute Gasteiger partial charge is 0.476 e. The number of nitrogens with zero attached hydrogens (tertiary/aromatic N) is 1. The van der Waals surface area contributed by atoms with E-state index in [0.717, 1.165) is 15.4 Å². The van der Waals surface area contributed by atoms with Gasteiger partial charge in [0.1, 0.15) is 5.01 Å². The number of carboxylic acid groups (broad SMARTS) is 1. The van der Waals surface area contributed by atoms with Crippen LogP contribution in [0.15, 0.2) is 24.3 Å². The van der Waals surface area contributed by atoms with Crippen molar-refractivity contribution in [3.63, 3.8) is 0 Å². The molecule has 0 saturated heterocycles. The van der Waals surface area contributed by atoms with Crippen molar-refractivity contribution in [1.29, 1.82) is 0 Å². The molecule has 4 heteroatoms. The third-order valence-corrected chi connectivity index (χ3v) is 3.77. The second-order valence-corrected chi connectivity index (χ2v) is 4.90. The Labute approximate surface area is 104 Å². The van der Waals surface area contributed by atoms with Crippen molar-refractivity contribution in [2.75, 3.05) is 0 Å². The van der Waals surface area contributed by atoms with Gasteiger partial charge in [0.2, 0.25) is 0 Å². The highest BCUT2D eigenvalue weighted by Gasteiger charge is 2.16. The van der Waals surface area contributed by atoms with Crippen LogP contribution in [-0.4, -0.2) is 16.1 Å². The third kappa shape index (κ3) is 2.36. The van der Waals surface area contributed by atoms with Crippen LogP contribution in [0.25, 0.3) is 10.6 Å². The predicted molar refractivity (Wildman–Crippen MR) is 68.6 cm³/mol. The Morgan fingerprint density at radius 1 is 1.35 bits per heavy atom. The van der Waals surface area contributed by atoms with E-state index in [9.17, 15) is 4.79 Å². The average molecular weight is 247 g/mol. The molecule has 0 bridgehead atoms. The second-order valence-electron chi connectivity index (χ2n) is 3.82. The lowest BCUT2D eigenvalue weighted by atomic mass is 10.2. The van der Waals surface area contributed by atoms with Crippen molar-refractivity contribution in [3.05, 3.63) is 40.4 Å². The number of aryl methyl sites for hydroxylation is 2. The molecule has 1 N–H and O–H groups in total. The van der Waals surface area contributed by atoms with Crippen molar-refractivity contribution in [2.24, 2.45) is 0 Å². The highest BCUT2D eigenvalue weighted by molar-refractivity contribution is 7.15. The highest BCUT2D eigenvalue weighted by Crippen LogP contribution is 2.28. The number of benzene rings is 1. The quantitative estimate of drug-likeness (QED) is 0.904. The zero-order chi connectivity index (χ0) is 12.4. The minimum Gasteiger partial charge on any atom is -0.476 e. The van der Waals surface area contributed by atoms with E-state index in [1.54, 1.807) is 0 Å². The van der Waals surface area contributed by atoms with E-state index < -0.39 is 5.97 Å². The fourth-order valence-corrected chi connectivity index (χ4v) is 2.58. The lowest BCUT2D eigenvalue weighted by Gasteiger charge is -1.96. The van der Waals surface area contributed by atoms with Crippen molar-refractivity contribution in [1.82, 2.24) is 4.98 Å². The van der Waals surface area contributed by atoms with Gasteiger partial charge in [0.25, 0.3) is 0 Å². The second kappa shape index (κ2) is 4.67. The summed E-state index contributed by atoms with van der Waals surface area (Å²) in [6.07, 6.45) is 0.700. The number of thiazole rings is 1. The fourth-order valence-electron chi connectivity index (χ4n) is 1.58. The number of aromatic nitrogens is 1. The molecule has 0 spiro atoms. The third-order valence-electron chi connectivity index (χ3n) is 2.52. The van der Waals surface area contributed by atoms with Crippen LogP contribution in [0, 0.1) is 6.92 Å². The van der Waals surface area contributed by atoms with E-state index in [1.807, 2.05) is 38.1 Å². The number of aromatic carboxylic acids is 1. The predicted octanol–water partition coefficient (Wildman–Crippen LogP) is 3.38. The summed E-state index contributed by atoms with van der Waals surface area (Å²) in [4.78, 5) is 16.0. The van der Waals surface area contributed by atoms with Gasteiger partial charge in [-0.1, -0.05) is 36.8 Å². The van der Waals surface area contributed by atoms with Crippen molar-refractivity contribution >= 4 is 17.3 Å². The van der Waals surface area contributed by atoms with E-state index in [4.69, 9.17) is 5.11 Å². The Morgan fingerprint density at radius 2 is 2.00 bits per heavy atom. The zero-order valence-electron chi connectivity index (χ0n) is 9.73. The number of carboxylic acids is 1. The molecule has 0 fully saturated rings. The standard InChI is InChI=1S/C13H13NO2S/c1-3-10-11(13(15)16)14-12(17-10)9-6-4-8(2)5-7-9/h4-7H,3H2,1-2H3,(H,15,16). The molecule has 3 nitrogen and oxygen atoms in total. The van der Waals surface area contributed by atoms with E-state index in [2.05, 4.69) is 4.98 Å². The van der Waals surface area contributed by atoms with E-state index in [1.165, 1.54) is 16.9 Å². The van der Waals surface area contributed by atoms with Crippen LogP contribution in [0.1, 0.15) is 27.9 Å². The first kappa shape index (κ1) is 11.8. The van der Waals surface area contributed by atoms with Crippen LogP contribution < -0.4 is 0 Å². The summed E-state index contributed by atoms with van der Waals surface area (Å²) in [6.45, 7) is 3.96. The monoisotopic (exact) mass is 247 g/mol. The molecule has 0 atom stereocenters. The molecule has 88 valence electrons. The topological polar surface area (TPSA) is 50.2 Å². The zero-order valence-corrected chi connectivity index (χ0v) is 10.5. The minimum absolute atomic E-state index is 0.188. The van der Waals surface area contributed by atoms with Gasteiger partial charge >= 0.3 is 5.97 Å². The molecule has 0 aliphatic rings. The molecule has 0 amide bonds. The van der Waals surface area contributed by atoms with Crippen LogP contribution in [0.3, 0.4) is 0 Å². The van der Waals surface area contributed by atoms with Gasteiger partial charge < -0.3 is 5.11 Å². The minimum atomic E-state index is -0.948. The fraction of sp³-hybridized carbons (Fsp3) is 0.231. The summed E-state index contributed by atoms with van der Waals surface area (Å²) in [5, 5.41) is 9.82. The lowest BCUT2D eigenvalue weighted by Crippen LogP contribution is -1.99. The number of carbonyl (C=O) groups is 1. The molecule has 17 heavy (non-hydrogen) atoms. The average Bonchev–Trinajstić information content (AvgIpc) is 2.74. The Hall–Kier alpha value is -1.68. The van der Waals surface area contributed by atoms with Gasteiger partial charge in [-0.3, -0.25) is 0 Å². The van der Waals surface area contributed by atoms with Crippen molar-refractivity contribution in [3.8, 4) is 10.6 Å². The van der Waals surface area contributed by atoms with E-state index in [-0.39, 0.29) is 5.69 Å². The summed E-state index contributed by atoms with van der Waals surface area (Å²) >= 11 is 1.45. The van der Waals surface area contributed by atoms with Gasteiger partial charge in [0.05, 0.1) is 0 Å². The van der Waals surface area contributed by atoms with Crippen molar-refractivity contribution in [2.45, 2.75) is 20.3 Å². The molecule has 1 aromatic carbocycles. The Kier molecular flexibility index (Phi) is 3.24. The van der Waals surface area contributed by atoms with E-state index >= 15 is 0 Å². The molecule has 1 heterocycles. The molecule has 0 radical (unpaired) electrons. The summed E-state index contributed by atoms with van der Waals surface area (Å²) in [7, 11) is 0. The molecule has 0 saturated carbocycles. The van der Waals surface area contributed by atoms with Gasteiger partial charge in [0.15, 0.2) is 5.69 Å².